The molecule has 1 heterocycles. The first-order valence-corrected chi connectivity index (χ1v) is 12.0. The van der Waals surface area contributed by atoms with Crippen LogP contribution in [0.4, 0.5) is 0 Å². The minimum Gasteiger partial charge on any atom is -0.407 e. The van der Waals surface area contributed by atoms with Gasteiger partial charge in [-0.25, -0.2) is 0 Å². The Morgan fingerprint density at radius 2 is 1.37 bits per heavy atom. The second-order valence-corrected chi connectivity index (χ2v) is 10.4. The van der Waals surface area contributed by atoms with E-state index in [9.17, 15) is 0 Å². The molecule has 0 bridgehead atoms. The summed E-state index contributed by atoms with van der Waals surface area (Å²) < 4.78 is 19.1. The van der Waals surface area contributed by atoms with Crippen molar-refractivity contribution in [2.45, 2.75) is 6.42 Å². The molecular formula is C19H12BrCl2O3PS. The maximum atomic E-state index is 6.18. The van der Waals surface area contributed by atoms with Gasteiger partial charge in [-0.2, -0.15) is 0 Å². The van der Waals surface area contributed by atoms with Gasteiger partial charge < -0.3 is 13.6 Å². The third kappa shape index (κ3) is 4.44. The average Bonchev–Trinajstić information content (AvgIpc) is 2.61. The first-order chi connectivity index (χ1) is 12.9. The summed E-state index contributed by atoms with van der Waals surface area (Å²) in [6.07, 6.45) is 0.555. The molecular weight excluding hydrogens is 490 g/mol. The second-order valence-electron chi connectivity index (χ2n) is 5.86. The molecule has 3 nitrogen and oxygen atoms in total. The highest BCUT2D eigenvalue weighted by Crippen LogP contribution is 2.53. The van der Waals surface area contributed by atoms with Crippen LogP contribution in [0.2, 0.25) is 10.0 Å². The maximum absolute atomic E-state index is 6.18. The topological polar surface area (TPSA) is 27.7 Å². The normalized spacial score (nSPS) is 14.6. The Bertz CT molecular complexity index is 1000. The molecule has 0 radical (unpaired) electrons. The van der Waals surface area contributed by atoms with Gasteiger partial charge in [-0.15, -0.1) is 0 Å². The Morgan fingerprint density at radius 3 is 1.89 bits per heavy atom. The van der Waals surface area contributed by atoms with E-state index in [0.29, 0.717) is 33.7 Å². The molecule has 0 spiro atoms. The van der Waals surface area contributed by atoms with Crippen LogP contribution in [0.25, 0.3) is 0 Å². The Labute approximate surface area is 180 Å². The molecule has 0 atom stereocenters. The zero-order valence-corrected chi connectivity index (χ0v) is 18.5. The zero-order valence-electron chi connectivity index (χ0n) is 13.7. The van der Waals surface area contributed by atoms with E-state index in [1.165, 1.54) is 0 Å². The van der Waals surface area contributed by atoms with Crippen LogP contribution in [0.1, 0.15) is 11.1 Å². The summed E-state index contributed by atoms with van der Waals surface area (Å²) in [6.45, 7) is -3.18. The third-order valence-electron chi connectivity index (χ3n) is 3.88. The van der Waals surface area contributed by atoms with E-state index in [1.807, 2.05) is 24.3 Å². The minimum absolute atomic E-state index is 0.555. The van der Waals surface area contributed by atoms with Crippen molar-refractivity contribution in [2.24, 2.45) is 0 Å². The zero-order chi connectivity index (χ0) is 19.0. The minimum atomic E-state index is -3.18. The summed E-state index contributed by atoms with van der Waals surface area (Å²) in [5.74, 6) is 1.74. The van der Waals surface area contributed by atoms with E-state index in [-0.39, 0.29) is 0 Å². The third-order valence-corrected chi connectivity index (χ3v) is 6.82. The number of halogens is 3. The Hall–Kier alpha value is -1.23. The van der Waals surface area contributed by atoms with Crippen LogP contribution in [-0.4, -0.2) is 0 Å². The van der Waals surface area contributed by atoms with Crippen LogP contribution in [0.3, 0.4) is 0 Å². The van der Waals surface area contributed by atoms with Gasteiger partial charge in [0.15, 0.2) is 0 Å². The molecule has 4 rings (SSSR count). The molecule has 3 aromatic carbocycles. The van der Waals surface area contributed by atoms with E-state index < -0.39 is 6.72 Å². The van der Waals surface area contributed by atoms with E-state index in [2.05, 4.69) is 15.9 Å². The number of fused-ring (bicyclic) bond motifs is 2. The van der Waals surface area contributed by atoms with E-state index in [4.69, 9.17) is 48.6 Å². The molecule has 138 valence electrons. The monoisotopic (exact) mass is 500 g/mol. The molecule has 0 unspecified atom stereocenters. The quantitative estimate of drug-likeness (QED) is 0.341. The molecule has 0 fully saturated rings. The van der Waals surface area contributed by atoms with Gasteiger partial charge in [0.05, 0.1) is 0 Å². The van der Waals surface area contributed by atoms with Gasteiger partial charge in [0.25, 0.3) is 0 Å². The number of hydrogen-bond acceptors (Lipinski definition) is 4. The van der Waals surface area contributed by atoms with Crippen LogP contribution in [-0.2, 0) is 18.2 Å². The van der Waals surface area contributed by atoms with Crippen molar-refractivity contribution in [3.05, 3.63) is 86.3 Å². The fraction of sp³-hybridized carbons (Fsp3) is 0.0526. The number of benzene rings is 3. The van der Waals surface area contributed by atoms with Crippen LogP contribution in [0.15, 0.2) is 65.1 Å². The van der Waals surface area contributed by atoms with Crippen molar-refractivity contribution >= 4 is 57.7 Å². The van der Waals surface area contributed by atoms with Crippen molar-refractivity contribution in [1.82, 2.24) is 0 Å². The van der Waals surface area contributed by atoms with Crippen molar-refractivity contribution in [3.8, 4) is 17.2 Å². The predicted molar refractivity (Wildman–Crippen MR) is 116 cm³/mol. The molecule has 27 heavy (non-hydrogen) atoms. The highest BCUT2D eigenvalue weighted by molar-refractivity contribution is 9.10. The molecule has 1 aliphatic heterocycles. The van der Waals surface area contributed by atoms with Crippen LogP contribution in [0.5, 0.6) is 17.2 Å². The highest BCUT2D eigenvalue weighted by atomic mass is 79.9. The summed E-state index contributed by atoms with van der Waals surface area (Å²) in [5, 5.41) is 1.23. The van der Waals surface area contributed by atoms with Crippen molar-refractivity contribution in [2.75, 3.05) is 0 Å². The van der Waals surface area contributed by atoms with Crippen LogP contribution >= 0.6 is 45.9 Å². The molecule has 0 saturated carbocycles. The lowest BCUT2D eigenvalue weighted by Crippen LogP contribution is -2.12. The molecule has 1 aliphatic rings. The van der Waals surface area contributed by atoms with Gasteiger partial charge in [0.1, 0.15) is 17.2 Å². The summed E-state index contributed by atoms with van der Waals surface area (Å²) in [6, 6.07) is 18.1. The van der Waals surface area contributed by atoms with Gasteiger partial charge >= 0.3 is 6.72 Å². The molecule has 0 N–H and O–H groups in total. The summed E-state index contributed by atoms with van der Waals surface area (Å²) in [5.41, 5.74) is 1.78. The van der Waals surface area contributed by atoms with Crippen molar-refractivity contribution in [3.63, 3.8) is 0 Å². The highest BCUT2D eigenvalue weighted by Gasteiger charge is 2.31. The van der Waals surface area contributed by atoms with Gasteiger partial charge in [-0.05, 0) is 60.7 Å². The average molecular weight is 502 g/mol. The van der Waals surface area contributed by atoms with Crippen LogP contribution in [0, 0.1) is 0 Å². The Balaban J connectivity index is 1.80. The molecule has 0 aliphatic carbocycles. The summed E-state index contributed by atoms with van der Waals surface area (Å²) in [7, 11) is 0. The van der Waals surface area contributed by atoms with Crippen molar-refractivity contribution < 1.29 is 13.6 Å². The lowest BCUT2D eigenvalue weighted by Gasteiger charge is -2.27. The van der Waals surface area contributed by atoms with E-state index >= 15 is 0 Å². The Morgan fingerprint density at radius 1 is 0.852 bits per heavy atom. The lowest BCUT2D eigenvalue weighted by molar-refractivity contribution is 0.377. The van der Waals surface area contributed by atoms with Crippen LogP contribution < -0.4 is 13.6 Å². The molecule has 0 amide bonds. The molecule has 8 heteroatoms. The number of rotatable bonds is 2. The van der Waals surface area contributed by atoms with Gasteiger partial charge in [-0.1, -0.05) is 39.1 Å². The van der Waals surface area contributed by atoms with Crippen molar-refractivity contribution in [1.29, 1.82) is 0 Å². The maximum Gasteiger partial charge on any atom is 0.490 e. The Kier molecular flexibility index (Phi) is 5.41. The SMILES string of the molecule is S=P1(Oc2ccc(Br)cc2)Oc2ccc(Cl)cc2Cc2cc(Cl)ccc2O1. The van der Waals surface area contributed by atoms with E-state index in [0.717, 1.165) is 15.6 Å². The van der Waals surface area contributed by atoms with Gasteiger partial charge in [0.2, 0.25) is 0 Å². The fourth-order valence-electron chi connectivity index (χ4n) is 2.68. The fourth-order valence-corrected chi connectivity index (χ4v) is 5.40. The largest absolute Gasteiger partial charge is 0.490 e. The van der Waals surface area contributed by atoms with Gasteiger partial charge in [0, 0.05) is 43.9 Å². The summed E-state index contributed by atoms with van der Waals surface area (Å²) in [4.78, 5) is 0. The standard InChI is InChI=1S/C19H12BrCl2O3PS/c20-14-1-5-17(6-2-14)23-26(27)24-18-7-3-15(21)10-12(18)9-13-11-16(22)4-8-19(13)25-26/h1-8,10-11H,9H2. The van der Waals surface area contributed by atoms with Gasteiger partial charge in [-0.3, -0.25) is 0 Å². The summed E-state index contributed by atoms with van der Waals surface area (Å²) >= 11 is 21.5. The smallest absolute Gasteiger partial charge is 0.407 e. The number of hydrogen-bond donors (Lipinski definition) is 0. The molecule has 0 aromatic heterocycles. The van der Waals surface area contributed by atoms with E-state index in [1.54, 1.807) is 36.4 Å². The molecule has 0 saturated heterocycles. The second kappa shape index (κ2) is 7.65. The molecule has 3 aromatic rings. The lowest BCUT2D eigenvalue weighted by atomic mass is 10.0. The first kappa shape index (κ1) is 19.1. The first-order valence-electron chi connectivity index (χ1n) is 7.91. The predicted octanol–water partition coefficient (Wildman–Crippen LogP) is 7.42.